The first-order valence-electron chi connectivity index (χ1n) is 10.1. The van der Waals surface area contributed by atoms with Crippen molar-refractivity contribution in [3.8, 4) is 5.75 Å². The van der Waals surface area contributed by atoms with Gasteiger partial charge in [-0.25, -0.2) is 4.79 Å². The van der Waals surface area contributed by atoms with Gasteiger partial charge in [0.15, 0.2) is 5.75 Å². The van der Waals surface area contributed by atoms with E-state index in [0.29, 0.717) is 53.9 Å². The maximum Gasteiger partial charge on any atom is 0.410 e. The molecule has 1 aromatic heterocycles. The molecular formula is C22H27Cl2N3O4. The zero-order chi connectivity index (χ0) is 22.8. The highest BCUT2D eigenvalue weighted by molar-refractivity contribution is 6.42. The van der Waals surface area contributed by atoms with Crippen molar-refractivity contribution in [1.29, 1.82) is 0 Å². The fourth-order valence-corrected chi connectivity index (χ4v) is 3.74. The number of nitrogens with zero attached hydrogens (tertiary/aromatic N) is 3. The van der Waals surface area contributed by atoms with E-state index in [4.69, 9.17) is 27.9 Å². The van der Waals surface area contributed by atoms with E-state index in [-0.39, 0.29) is 18.4 Å². The number of ether oxygens (including phenoxy) is 1. The van der Waals surface area contributed by atoms with Crippen molar-refractivity contribution >= 4 is 29.3 Å². The van der Waals surface area contributed by atoms with Gasteiger partial charge in [-0.1, -0.05) is 35.3 Å². The molecule has 1 aromatic carbocycles. The summed E-state index contributed by atoms with van der Waals surface area (Å²) < 4.78 is 6.81. The molecule has 9 heteroatoms. The van der Waals surface area contributed by atoms with Gasteiger partial charge in [0.1, 0.15) is 5.60 Å². The number of carbonyl (C=O) groups is 1. The van der Waals surface area contributed by atoms with Crippen molar-refractivity contribution in [2.45, 2.75) is 39.5 Å². The van der Waals surface area contributed by atoms with Crippen LogP contribution in [0, 0.1) is 0 Å². The average molecular weight is 468 g/mol. The number of hydrogen-bond acceptors (Lipinski definition) is 5. The largest absolute Gasteiger partial charge is 0.503 e. The predicted molar refractivity (Wildman–Crippen MR) is 121 cm³/mol. The summed E-state index contributed by atoms with van der Waals surface area (Å²) in [7, 11) is 0. The second kappa shape index (κ2) is 9.51. The van der Waals surface area contributed by atoms with Crippen LogP contribution in [-0.4, -0.2) is 57.3 Å². The van der Waals surface area contributed by atoms with E-state index in [2.05, 4.69) is 4.90 Å². The van der Waals surface area contributed by atoms with Crippen molar-refractivity contribution in [2.24, 2.45) is 0 Å². The number of rotatable bonds is 4. The molecule has 1 fully saturated rings. The number of aromatic nitrogens is 1. The molecule has 7 nitrogen and oxygen atoms in total. The van der Waals surface area contributed by atoms with Crippen molar-refractivity contribution in [1.82, 2.24) is 14.4 Å². The summed E-state index contributed by atoms with van der Waals surface area (Å²) in [4.78, 5) is 28.6. The fourth-order valence-electron chi connectivity index (χ4n) is 3.36. The van der Waals surface area contributed by atoms with E-state index in [1.165, 1.54) is 4.57 Å². The molecule has 168 valence electrons. The number of pyridine rings is 1. The molecule has 1 aliphatic rings. The standard InChI is InChI=1S/C22H27Cl2N3O4/c1-22(2,3)31-21(30)26-11-9-25(10-12-26)13-16-7-8-27(20(29)19(16)28)14-15-5-4-6-17(23)18(15)24/h4-8,28H,9-14H2,1-3H3. The van der Waals surface area contributed by atoms with Crippen molar-refractivity contribution in [3.63, 3.8) is 0 Å². The molecule has 1 N–H and O–H groups in total. The van der Waals surface area contributed by atoms with E-state index in [0.717, 1.165) is 0 Å². The second-order valence-corrected chi connectivity index (χ2v) is 9.36. The molecule has 1 amide bonds. The van der Waals surface area contributed by atoms with Crippen LogP contribution < -0.4 is 5.56 Å². The first-order valence-corrected chi connectivity index (χ1v) is 10.8. The van der Waals surface area contributed by atoms with Gasteiger partial charge in [0.25, 0.3) is 5.56 Å². The highest BCUT2D eigenvalue weighted by atomic mass is 35.5. The molecule has 0 aliphatic carbocycles. The number of carbonyl (C=O) groups excluding carboxylic acids is 1. The van der Waals surface area contributed by atoms with Gasteiger partial charge in [-0.2, -0.15) is 0 Å². The van der Waals surface area contributed by atoms with E-state index in [1.54, 1.807) is 35.4 Å². The Bertz CT molecular complexity index is 1010. The van der Waals surface area contributed by atoms with Crippen LogP contribution in [0.5, 0.6) is 5.75 Å². The Morgan fingerprint density at radius 1 is 1.06 bits per heavy atom. The van der Waals surface area contributed by atoms with Crippen LogP contribution in [0.3, 0.4) is 0 Å². The summed E-state index contributed by atoms with van der Waals surface area (Å²) in [6.07, 6.45) is 1.32. The highest BCUT2D eigenvalue weighted by Crippen LogP contribution is 2.26. The minimum atomic E-state index is -0.529. The molecule has 0 bridgehead atoms. The number of halogens is 2. The third kappa shape index (κ3) is 5.93. The SMILES string of the molecule is CC(C)(C)OC(=O)N1CCN(Cc2ccn(Cc3cccc(Cl)c3Cl)c(=O)c2O)CC1. The summed E-state index contributed by atoms with van der Waals surface area (Å²) in [6.45, 7) is 8.45. The minimum absolute atomic E-state index is 0.209. The number of amides is 1. The van der Waals surface area contributed by atoms with Gasteiger partial charge in [0.05, 0.1) is 16.6 Å². The minimum Gasteiger partial charge on any atom is -0.503 e. The maximum atomic E-state index is 12.7. The van der Waals surface area contributed by atoms with Gasteiger partial charge in [-0.3, -0.25) is 9.69 Å². The summed E-state index contributed by atoms with van der Waals surface area (Å²) in [5, 5.41) is 11.3. The summed E-state index contributed by atoms with van der Waals surface area (Å²) >= 11 is 12.3. The van der Waals surface area contributed by atoms with Gasteiger partial charge in [-0.15, -0.1) is 0 Å². The fraction of sp³-hybridized carbons (Fsp3) is 0.455. The normalized spacial score (nSPS) is 15.2. The Labute approximate surface area is 191 Å². The van der Waals surface area contributed by atoms with Crippen LogP contribution in [-0.2, 0) is 17.8 Å². The van der Waals surface area contributed by atoms with Crippen LogP contribution in [0.4, 0.5) is 4.79 Å². The van der Waals surface area contributed by atoms with Gasteiger partial charge in [-0.05, 0) is 38.5 Å². The van der Waals surface area contributed by atoms with Gasteiger partial charge < -0.3 is 19.3 Å². The topological polar surface area (TPSA) is 75.0 Å². The Morgan fingerprint density at radius 3 is 2.39 bits per heavy atom. The second-order valence-electron chi connectivity index (χ2n) is 8.58. The van der Waals surface area contributed by atoms with Gasteiger partial charge in [0, 0.05) is 44.5 Å². The average Bonchev–Trinajstić information content (AvgIpc) is 2.70. The van der Waals surface area contributed by atoms with E-state index < -0.39 is 11.2 Å². The third-order valence-electron chi connectivity index (χ3n) is 5.01. The molecule has 0 saturated carbocycles. The van der Waals surface area contributed by atoms with Crippen LogP contribution in [0.25, 0.3) is 0 Å². The monoisotopic (exact) mass is 467 g/mol. The number of piperazine rings is 1. The molecule has 0 spiro atoms. The molecule has 1 saturated heterocycles. The summed E-state index contributed by atoms with van der Waals surface area (Å²) in [5.74, 6) is -0.282. The van der Waals surface area contributed by atoms with Crippen LogP contribution >= 0.6 is 23.2 Å². The zero-order valence-electron chi connectivity index (χ0n) is 17.9. The van der Waals surface area contributed by atoms with E-state index in [9.17, 15) is 14.7 Å². The maximum absolute atomic E-state index is 12.7. The summed E-state index contributed by atoms with van der Waals surface area (Å²) in [6, 6.07) is 6.96. The number of hydrogen-bond donors (Lipinski definition) is 1. The first-order chi connectivity index (χ1) is 14.5. The third-order valence-corrected chi connectivity index (χ3v) is 5.87. The molecule has 31 heavy (non-hydrogen) atoms. The summed E-state index contributed by atoms with van der Waals surface area (Å²) in [5.41, 5.74) is 0.228. The van der Waals surface area contributed by atoms with Gasteiger partial charge in [0.2, 0.25) is 0 Å². The van der Waals surface area contributed by atoms with Crippen LogP contribution in [0.1, 0.15) is 31.9 Å². The van der Waals surface area contributed by atoms with E-state index in [1.807, 2.05) is 20.8 Å². The van der Waals surface area contributed by atoms with Crippen LogP contribution in [0.2, 0.25) is 10.0 Å². The Balaban J connectivity index is 1.63. The Morgan fingerprint density at radius 2 is 1.74 bits per heavy atom. The van der Waals surface area contributed by atoms with Gasteiger partial charge >= 0.3 is 6.09 Å². The predicted octanol–water partition coefficient (Wildman–Crippen LogP) is 3.96. The zero-order valence-corrected chi connectivity index (χ0v) is 19.4. The molecule has 2 aromatic rings. The molecule has 2 heterocycles. The van der Waals surface area contributed by atoms with Crippen molar-refractivity contribution in [2.75, 3.05) is 26.2 Å². The lowest BCUT2D eigenvalue weighted by Crippen LogP contribution is -2.49. The smallest absolute Gasteiger partial charge is 0.410 e. The van der Waals surface area contributed by atoms with Crippen LogP contribution in [0.15, 0.2) is 35.3 Å². The lowest BCUT2D eigenvalue weighted by Gasteiger charge is -2.35. The Hall–Kier alpha value is -2.22. The first kappa shape index (κ1) is 23.4. The lowest BCUT2D eigenvalue weighted by molar-refractivity contribution is 0.0138. The molecule has 0 atom stereocenters. The number of aromatic hydroxyl groups is 1. The lowest BCUT2D eigenvalue weighted by atomic mass is 10.2. The quantitative estimate of drug-likeness (QED) is 0.736. The molecule has 3 rings (SSSR count). The molecule has 0 radical (unpaired) electrons. The van der Waals surface area contributed by atoms with Crippen molar-refractivity contribution < 1.29 is 14.6 Å². The molecular weight excluding hydrogens is 441 g/mol. The molecule has 0 unspecified atom stereocenters. The van der Waals surface area contributed by atoms with E-state index >= 15 is 0 Å². The van der Waals surface area contributed by atoms with Crippen molar-refractivity contribution in [3.05, 3.63) is 62.0 Å². The highest BCUT2D eigenvalue weighted by Gasteiger charge is 2.26. The number of benzene rings is 1. The molecule has 1 aliphatic heterocycles. The Kier molecular flexibility index (Phi) is 7.19.